The van der Waals surface area contributed by atoms with Crippen LogP contribution in [0.3, 0.4) is 0 Å². The second-order valence-corrected chi connectivity index (χ2v) is 18.1. The fourth-order valence-electron chi connectivity index (χ4n) is 5.37. The fraction of sp³-hybridized carbons (Fsp3) is 0.533. The normalized spacial score (nSPS) is 21.3. The first-order valence-electron chi connectivity index (χ1n) is 13.6. The zero-order valence-electron chi connectivity index (χ0n) is 23.9. The highest BCUT2D eigenvalue weighted by molar-refractivity contribution is 6.74. The van der Waals surface area contributed by atoms with Gasteiger partial charge in [0.05, 0.1) is 21.7 Å². The van der Waals surface area contributed by atoms with Crippen LogP contribution in [0.1, 0.15) is 74.9 Å². The van der Waals surface area contributed by atoms with Crippen LogP contribution >= 0.6 is 11.6 Å². The minimum atomic E-state index is -1.85. The summed E-state index contributed by atoms with van der Waals surface area (Å²) >= 11 is 5.83. The Hall–Kier alpha value is -2.26. The van der Waals surface area contributed by atoms with E-state index < -0.39 is 25.5 Å². The molecule has 1 amide bonds. The lowest BCUT2D eigenvalue weighted by molar-refractivity contribution is -0.133. The van der Waals surface area contributed by atoms with Gasteiger partial charge in [-0.15, -0.1) is 0 Å². The number of carbonyl (C=O) groups excluding carboxylic acids is 1. The lowest BCUT2D eigenvalue weighted by atomic mass is 9.67. The highest BCUT2D eigenvalue weighted by Crippen LogP contribution is 2.46. The van der Waals surface area contributed by atoms with Crippen LogP contribution in [0.4, 0.5) is 10.1 Å². The minimum absolute atomic E-state index is 0.0965. The molecule has 0 unspecified atom stereocenters. The van der Waals surface area contributed by atoms with Crippen molar-refractivity contribution in [2.24, 2.45) is 0 Å². The summed E-state index contributed by atoms with van der Waals surface area (Å²) in [4.78, 5) is 28.2. The van der Waals surface area contributed by atoms with E-state index in [1.165, 1.54) is 0 Å². The van der Waals surface area contributed by atoms with Gasteiger partial charge in [0.2, 0.25) is 5.91 Å². The summed E-state index contributed by atoms with van der Waals surface area (Å²) in [6, 6.07) is 10.3. The molecule has 1 aliphatic carbocycles. The van der Waals surface area contributed by atoms with Crippen LogP contribution in [0.25, 0.3) is 0 Å². The molecule has 1 saturated heterocycles. The number of hydrogen-bond donors (Lipinski definition) is 2. The molecule has 1 saturated carbocycles. The number of rotatable bonds is 8. The van der Waals surface area contributed by atoms with Crippen molar-refractivity contribution in [3.05, 3.63) is 63.9 Å². The number of aromatic carboxylic acids is 1. The first-order valence-corrected chi connectivity index (χ1v) is 16.9. The number of carboxylic acids is 1. The maximum absolute atomic E-state index is 14.3. The molecule has 39 heavy (non-hydrogen) atoms. The minimum Gasteiger partial charge on any atom is -0.478 e. The summed E-state index contributed by atoms with van der Waals surface area (Å²) in [5.41, 5.74) is 0.760. The van der Waals surface area contributed by atoms with Crippen LogP contribution in [-0.4, -0.2) is 55.4 Å². The molecule has 0 spiro atoms. The first kappa shape index (κ1) is 29.7. The van der Waals surface area contributed by atoms with E-state index in [0.29, 0.717) is 19.1 Å². The van der Waals surface area contributed by atoms with Gasteiger partial charge in [0.1, 0.15) is 5.82 Å². The molecule has 0 aromatic heterocycles. The number of carbonyl (C=O) groups is 2. The van der Waals surface area contributed by atoms with Gasteiger partial charge in [-0.05, 0) is 60.2 Å². The van der Waals surface area contributed by atoms with E-state index in [1.807, 2.05) is 24.3 Å². The predicted molar refractivity (Wildman–Crippen MR) is 156 cm³/mol. The molecule has 0 bridgehead atoms. The third kappa shape index (κ3) is 5.66. The zero-order valence-corrected chi connectivity index (χ0v) is 25.7. The highest BCUT2D eigenvalue weighted by Gasteiger charge is 2.55. The van der Waals surface area contributed by atoms with Crippen molar-refractivity contribution in [2.75, 3.05) is 18.4 Å². The van der Waals surface area contributed by atoms with Gasteiger partial charge in [-0.3, -0.25) is 9.69 Å². The van der Waals surface area contributed by atoms with E-state index in [4.69, 9.17) is 16.0 Å². The van der Waals surface area contributed by atoms with Crippen molar-refractivity contribution in [3.8, 4) is 0 Å². The Kier molecular flexibility index (Phi) is 8.09. The molecular formula is C30H40ClFN2O4Si. The molecular weight excluding hydrogens is 535 g/mol. The standard InChI is InChI=1S/C30H40ClFN2O4Si/c1-18(2)21-10-8-9-11-23(21)30(28(37)33-26-15-25(32)24(31)14-22(26)27(35)36)16-34(17-30)19-12-20(13-19)38-39(6,7)29(3,4)5/h8-11,14-15,18-20H,12-13,16-17H2,1-7H3,(H,33,37)(H,35,36). The van der Waals surface area contributed by atoms with Crippen molar-refractivity contribution in [3.63, 3.8) is 0 Å². The summed E-state index contributed by atoms with van der Waals surface area (Å²) in [6.07, 6.45) is 2.10. The molecule has 0 radical (unpaired) electrons. The second-order valence-electron chi connectivity index (χ2n) is 12.9. The molecule has 6 nitrogen and oxygen atoms in total. The van der Waals surface area contributed by atoms with Crippen LogP contribution in [0, 0.1) is 5.82 Å². The number of hydrogen-bond acceptors (Lipinski definition) is 4. The predicted octanol–water partition coefficient (Wildman–Crippen LogP) is 7.05. The summed E-state index contributed by atoms with van der Waals surface area (Å²) in [5.74, 6) is -2.23. The van der Waals surface area contributed by atoms with Crippen LogP contribution in [-0.2, 0) is 14.6 Å². The third-order valence-electron chi connectivity index (χ3n) is 8.87. The summed E-state index contributed by atoms with van der Waals surface area (Å²) in [7, 11) is -1.85. The number of benzene rings is 2. The Morgan fingerprint density at radius 3 is 2.36 bits per heavy atom. The first-order chi connectivity index (χ1) is 18.1. The van der Waals surface area contributed by atoms with Gasteiger partial charge < -0.3 is 14.8 Å². The maximum Gasteiger partial charge on any atom is 0.337 e. The number of nitrogens with one attached hydrogen (secondary N) is 1. The Bertz CT molecular complexity index is 1260. The number of anilines is 1. The smallest absolute Gasteiger partial charge is 0.337 e. The zero-order chi connectivity index (χ0) is 28.9. The fourth-order valence-corrected chi connectivity index (χ4v) is 6.92. The maximum atomic E-state index is 14.3. The van der Waals surface area contributed by atoms with Crippen molar-refractivity contribution >= 4 is 37.5 Å². The monoisotopic (exact) mass is 574 g/mol. The van der Waals surface area contributed by atoms with Crippen molar-refractivity contribution in [2.45, 2.75) is 89.1 Å². The van der Waals surface area contributed by atoms with Crippen molar-refractivity contribution < 1.29 is 23.5 Å². The van der Waals surface area contributed by atoms with Gasteiger partial charge in [0.15, 0.2) is 8.32 Å². The Balaban J connectivity index is 1.58. The van der Waals surface area contributed by atoms with Crippen molar-refractivity contribution in [1.29, 1.82) is 0 Å². The number of carboxylic acid groups (broad SMARTS) is 1. The lowest BCUT2D eigenvalue weighted by Crippen LogP contribution is -2.70. The topological polar surface area (TPSA) is 78.9 Å². The van der Waals surface area contributed by atoms with Crippen LogP contribution < -0.4 is 5.32 Å². The number of halogens is 2. The highest BCUT2D eigenvalue weighted by atomic mass is 35.5. The van der Waals surface area contributed by atoms with E-state index in [-0.39, 0.29) is 39.2 Å². The van der Waals surface area contributed by atoms with E-state index in [2.05, 4.69) is 57.9 Å². The van der Waals surface area contributed by atoms with Gasteiger partial charge >= 0.3 is 5.97 Å². The van der Waals surface area contributed by atoms with Crippen molar-refractivity contribution in [1.82, 2.24) is 4.90 Å². The SMILES string of the molecule is CC(C)c1ccccc1C1(C(=O)Nc2cc(F)c(Cl)cc2C(=O)O)CN(C2CC(O[Si](C)(C)C(C)(C)C)C2)C1. The molecule has 1 heterocycles. The summed E-state index contributed by atoms with van der Waals surface area (Å²) in [6.45, 7) is 16.4. The average Bonchev–Trinajstić information content (AvgIpc) is 2.77. The Morgan fingerprint density at radius 2 is 1.79 bits per heavy atom. The van der Waals surface area contributed by atoms with Gasteiger partial charge in [0.25, 0.3) is 0 Å². The molecule has 2 aromatic carbocycles. The number of amides is 1. The summed E-state index contributed by atoms with van der Waals surface area (Å²) < 4.78 is 20.9. The van der Waals surface area contributed by atoms with Crippen LogP contribution in [0.2, 0.25) is 23.2 Å². The molecule has 212 valence electrons. The molecule has 2 N–H and O–H groups in total. The molecule has 0 atom stereocenters. The third-order valence-corrected chi connectivity index (χ3v) is 13.7. The van der Waals surface area contributed by atoms with Gasteiger partial charge in [0, 0.05) is 25.2 Å². The molecule has 1 aliphatic heterocycles. The molecule has 9 heteroatoms. The van der Waals surface area contributed by atoms with E-state index in [9.17, 15) is 19.1 Å². The van der Waals surface area contributed by atoms with Gasteiger partial charge in [-0.2, -0.15) is 0 Å². The van der Waals surface area contributed by atoms with E-state index >= 15 is 0 Å². The van der Waals surface area contributed by atoms with Gasteiger partial charge in [-0.1, -0.05) is 70.5 Å². The Morgan fingerprint density at radius 1 is 1.18 bits per heavy atom. The quantitative estimate of drug-likeness (QED) is 0.330. The van der Waals surface area contributed by atoms with E-state index in [0.717, 1.165) is 36.1 Å². The largest absolute Gasteiger partial charge is 0.478 e. The van der Waals surface area contributed by atoms with Crippen LogP contribution in [0.15, 0.2) is 36.4 Å². The van der Waals surface area contributed by atoms with E-state index in [1.54, 1.807) is 0 Å². The Labute approximate surface area is 237 Å². The lowest BCUT2D eigenvalue weighted by Gasteiger charge is -2.57. The molecule has 4 rings (SSSR count). The molecule has 2 fully saturated rings. The summed E-state index contributed by atoms with van der Waals surface area (Å²) in [5, 5.41) is 12.3. The van der Waals surface area contributed by atoms with Gasteiger partial charge in [-0.25, -0.2) is 9.18 Å². The molecule has 2 aromatic rings. The van der Waals surface area contributed by atoms with Crippen LogP contribution in [0.5, 0.6) is 0 Å². The second kappa shape index (κ2) is 10.6. The number of nitrogens with zero attached hydrogens (tertiary/aromatic N) is 1. The molecule has 2 aliphatic rings. The number of likely N-dealkylation sites (tertiary alicyclic amines) is 1. The average molecular weight is 575 g/mol.